The summed E-state index contributed by atoms with van der Waals surface area (Å²) < 4.78 is 58.9. The van der Waals surface area contributed by atoms with E-state index in [1.54, 1.807) is 0 Å². The maximum Gasteiger partial charge on any atom is 0.485 e. The minimum atomic E-state index is -6.09. The second-order valence-electron chi connectivity index (χ2n) is 10.8. The zero-order valence-corrected chi connectivity index (χ0v) is 28.5. The van der Waals surface area contributed by atoms with Crippen LogP contribution in [0.4, 0.5) is 13.2 Å². The molecule has 0 aliphatic carbocycles. The molecular formula is C39H31F3O3S3. The fraction of sp³-hybridized carbons (Fsp3) is 0.0769. The van der Waals surface area contributed by atoms with Gasteiger partial charge in [0, 0.05) is 15.4 Å². The van der Waals surface area contributed by atoms with Gasteiger partial charge in [-0.15, -0.1) is 0 Å². The molecule has 0 bridgehead atoms. The van der Waals surface area contributed by atoms with E-state index in [4.69, 9.17) is 13.0 Å². The standard InChI is InChI=1S/C38H31S2.CHF3O3S/c1-28-11-9-10-16-38(28)40(35-23-19-33(20-24-35)31-14-7-4-8-15-31)36-25-26-37(29(2)27-36)39-34-21-17-32(18-22-34)30-12-5-3-6-13-30;2-1(3,4)8(5,6)7/h3-27H,1-2H3;(H,5,6,7)/q+1;/p-1. The smallest absolute Gasteiger partial charge is 0.485 e. The van der Waals surface area contributed by atoms with Crippen LogP contribution in [-0.2, 0) is 21.0 Å². The fourth-order valence-corrected chi connectivity index (χ4v) is 8.10. The van der Waals surface area contributed by atoms with Crippen LogP contribution in [0, 0.1) is 13.8 Å². The molecule has 9 heteroatoms. The predicted octanol–water partition coefficient (Wildman–Crippen LogP) is 10.9. The number of aryl methyl sites for hydroxylation is 2. The third-order valence-corrected chi connectivity index (χ3v) is 11.5. The molecule has 1 atom stereocenters. The Balaban J connectivity index is 0.000000503. The normalized spacial score (nSPS) is 12.1. The number of rotatable bonds is 7. The zero-order valence-electron chi connectivity index (χ0n) is 26.0. The number of halogens is 3. The van der Waals surface area contributed by atoms with Crippen molar-refractivity contribution in [2.75, 3.05) is 0 Å². The SMILES string of the molecule is Cc1cc([S+](c2ccc(-c3ccccc3)cc2)c2ccccc2C)ccc1Sc1ccc(-c2ccccc2)cc1.O=S(=O)([O-])C(F)(F)F. The average molecular weight is 701 g/mol. The lowest BCUT2D eigenvalue weighted by Gasteiger charge is -2.13. The van der Waals surface area contributed by atoms with Crippen LogP contribution >= 0.6 is 11.8 Å². The minimum absolute atomic E-state index is 0.189. The topological polar surface area (TPSA) is 57.2 Å². The second-order valence-corrected chi connectivity index (χ2v) is 15.3. The zero-order chi connectivity index (χ0) is 34.3. The molecule has 0 saturated carbocycles. The van der Waals surface area contributed by atoms with E-state index in [1.165, 1.54) is 57.9 Å². The van der Waals surface area contributed by atoms with Crippen LogP contribution in [0.3, 0.4) is 0 Å². The molecule has 3 nitrogen and oxygen atoms in total. The number of hydrogen-bond donors (Lipinski definition) is 0. The van der Waals surface area contributed by atoms with E-state index in [0.717, 1.165) is 0 Å². The Kier molecular flexibility index (Phi) is 11.2. The Labute approximate surface area is 286 Å². The molecule has 1 unspecified atom stereocenters. The number of benzene rings is 6. The molecule has 0 N–H and O–H groups in total. The van der Waals surface area contributed by atoms with Gasteiger partial charge in [-0.2, -0.15) is 13.2 Å². The maximum absolute atomic E-state index is 10.7. The van der Waals surface area contributed by atoms with Gasteiger partial charge in [0.1, 0.15) is 0 Å². The van der Waals surface area contributed by atoms with E-state index in [-0.39, 0.29) is 10.9 Å². The molecule has 0 heterocycles. The molecule has 0 fully saturated rings. The van der Waals surface area contributed by atoms with Gasteiger partial charge in [0.15, 0.2) is 24.8 Å². The summed E-state index contributed by atoms with van der Waals surface area (Å²) in [6.07, 6.45) is 0. The van der Waals surface area contributed by atoms with Crippen molar-refractivity contribution in [3.63, 3.8) is 0 Å². The molecule has 0 aliphatic rings. The van der Waals surface area contributed by atoms with Gasteiger partial charge in [-0.05, 0) is 102 Å². The quantitative estimate of drug-likeness (QED) is 0.0945. The summed E-state index contributed by atoms with van der Waals surface area (Å²) >= 11 is 1.84. The van der Waals surface area contributed by atoms with Gasteiger partial charge in [-0.1, -0.05) is 103 Å². The van der Waals surface area contributed by atoms with Crippen molar-refractivity contribution >= 4 is 32.8 Å². The van der Waals surface area contributed by atoms with E-state index in [0.29, 0.717) is 0 Å². The number of hydrogen-bond acceptors (Lipinski definition) is 4. The highest BCUT2D eigenvalue weighted by Gasteiger charge is 2.37. The molecule has 6 aromatic rings. The molecule has 0 aliphatic heterocycles. The van der Waals surface area contributed by atoms with Crippen molar-refractivity contribution < 1.29 is 26.1 Å². The van der Waals surface area contributed by atoms with Gasteiger partial charge < -0.3 is 4.55 Å². The van der Waals surface area contributed by atoms with E-state index in [2.05, 4.69) is 166 Å². The van der Waals surface area contributed by atoms with Crippen molar-refractivity contribution in [3.05, 3.63) is 163 Å². The van der Waals surface area contributed by atoms with Gasteiger partial charge in [-0.25, -0.2) is 8.42 Å². The molecule has 0 spiro atoms. The summed E-state index contributed by atoms with van der Waals surface area (Å²) in [7, 11) is -6.28. The van der Waals surface area contributed by atoms with Crippen LogP contribution < -0.4 is 0 Å². The summed E-state index contributed by atoms with van der Waals surface area (Å²) in [5.41, 5.74) is 1.98. The second kappa shape index (κ2) is 15.3. The lowest BCUT2D eigenvalue weighted by atomic mass is 10.1. The van der Waals surface area contributed by atoms with Gasteiger partial charge >= 0.3 is 5.51 Å². The third-order valence-electron chi connectivity index (χ3n) is 7.37. The van der Waals surface area contributed by atoms with E-state index in [1.807, 2.05) is 11.8 Å². The minimum Gasteiger partial charge on any atom is -0.741 e. The highest BCUT2D eigenvalue weighted by molar-refractivity contribution is 7.99. The van der Waals surface area contributed by atoms with Crippen molar-refractivity contribution in [1.82, 2.24) is 0 Å². The van der Waals surface area contributed by atoms with Gasteiger partial charge in [0.05, 0.1) is 10.9 Å². The summed E-state index contributed by atoms with van der Waals surface area (Å²) in [6.45, 7) is 4.46. The average Bonchev–Trinajstić information content (AvgIpc) is 3.08. The molecule has 6 aromatic carbocycles. The van der Waals surface area contributed by atoms with Crippen LogP contribution in [-0.4, -0.2) is 18.5 Å². The molecule has 0 radical (unpaired) electrons. The fourth-order valence-electron chi connectivity index (χ4n) is 4.93. The van der Waals surface area contributed by atoms with E-state index in [9.17, 15) is 13.2 Å². The summed E-state index contributed by atoms with van der Waals surface area (Å²) in [5.74, 6) is 0. The molecule has 6 rings (SSSR count). The Morgan fingerprint density at radius 1 is 0.562 bits per heavy atom. The Morgan fingerprint density at radius 3 is 1.48 bits per heavy atom. The van der Waals surface area contributed by atoms with Gasteiger partial charge in [0.2, 0.25) is 0 Å². The Morgan fingerprint density at radius 2 is 1.00 bits per heavy atom. The molecular weight excluding hydrogens is 670 g/mol. The first-order valence-corrected chi connectivity index (χ1v) is 18.3. The van der Waals surface area contributed by atoms with Crippen molar-refractivity contribution in [3.8, 4) is 22.3 Å². The van der Waals surface area contributed by atoms with Crippen molar-refractivity contribution in [1.29, 1.82) is 0 Å². The van der Waals surface area contributed by atoms with Crippen molar-refractivity contribution in [2.24, 2.45) is 0 Å². The highest BCUT2D eigenvalue weighted by Crippen LogP contribution is 2.38. The molecule has 244 valence electrons. The van der Waals surface area contributed by atoms with Crippen LogP contribution in [0.2, 0.25) is 0 Å². The van der Waals surface area contributed by atoms with Crippen LogP contribution in [0.1, 0.15) is 11.1 Å². The van der Waals surface area contributed by atoms with Gasteiger partial charge in [-0.3, -0.25) is 0 Å². The predicted molar refractivity (Wildman–Crippen MR) is 188 cm³/mol. The highest BCUT2D eigenvalue weighted by atomic mass is 32.2. The summed E-state index contributed by atoms with van der Waals surface area (Å²) in [4.78, 5) is 6.62. The first kappa shape index (κ1) is 35.0. The van der Waals surface area contributed by atoms with Crippen LogP contribution in [0.25, 0.3) is 22.3 Å². The lowest BCUT2D eigenvalue weighted by Crippen LogP contribution is -2.21. The molecule has 0 amide bonds. The molecule has 48 heavy (non-hydrogen) atoms. The van der Waals surface area contributed by atoms with Crippen LogP contribution in [0.15, 0.2) is 176 Å². The largest absolute Gasteiger partial charge is 0.741 e. The first-order chi connectivity index (χ1) is 22.9. The Hall–Kier alpha value is -4.28. The summed E-state index contributed by atoms with van der Waals surface area (Å²) in [6, 6.07) is 55.0. The van der Waals surface area contributed by atoms with Crippen molar-refractivity contribution in [2.45, 2.75) is 43.8 Å². The third kappa shape index (κ3) is 8.79. The van der Waals surface area contributed by atoms with Gasteiger partial charge in [0.25, 0.3) is 0 Å². The summed E-state index contributed by atoms with van der Waals surface area (Å²) in [5, 5.41) is 0. The molecule has 0 aromatic heterocycles. The maximum atomic E-state index is 10.7. The monoisotopic (exact) mass is 700 g/mol. The lowest BCUT2D eigenvalue weighted by molar-refractivity contribution is -0.0517. The van der Waals surface area contributed by atoms with E-state index < -0.39 is 15.6 Å². The Bertz CT molecular complexity index is 2070. The van der Waals surface area contributed by atoms with E-state index >= 15 is 0 Å². The number of alkyl halides is 3. The van der Waals surface area contributed by atoms with Crippen LogP contribution in [0.5, 0.6) is 0 Å². The first-order valence-electron chi connectivity index (χ1n) is 14.8. The molecule has 0 saturated heterocycles.